The van der Waals surface area contributed by atoms with Gasteiger partial charge in [0.15, 0.2) is 0 Å². The van der Waals surface area contributed by atoms with E-state index in [9.17, 15) is 4.79 Å². The number of carbonyl (C=O) groups excluding carboxylic acids is 1. The summed E-state index contributed by atoms with van der Waals surface area (Å²) in [5.74, 6) is 0.812. The molecule has 0 aromatic heterocycles. The highest BCUT2D eigenvalue weighted by Crippen LogP contribution is 2.37. The monoisotopic (exact) mass is 262 g/mol. The molecule has 0 amide bonds. The summed E-state index contributed by atoms with van der Waals surface area (Å²) in [6, 6.07) is 19.7. The topological polar surface area (TPSA) is 26.3 Å². The lowest BCUT2D eigenvalue weighted by atomic mass is 9.96. The van der Waals surface area contributed by atoms with Gasteiger partial charge in [-0.15, -0.1) is 0 Å². The first-order valence-electron chi connectivity index (χ1n) is 6.45. The van der Waals surface area contributed by atoms with Crippen molar-refractivity contribution < 1.29 is 9.53 Å². The summed E-state index contributed by atoms with van der Waals surface area (Å²) in [5, 5.41) is 2.27. The second-order valence-corrected chi connectivity index (χ2v) is 4.61. The van der Waals surface area contributed by atoms with Gasteiger partial charge in [0.25, 0.3) is 0 Å². The lowest BCUT2D eigenvalue weighted by Gasteiger charge is -2.12. The highest BCUT2D eigenvalue weighted by Gasteiger charge is 2.10. The van der Waals surface area contributed by atoms with Crippen LogP contribution in [0.5, 0.6) is 5.75 Å². The van der Waals surface area contributed by atoms with E-state index in [2.05, 4.69) is 12.1 Å². The normalized spacial score (nSPS) is 10.4. The lowest BCUT2D eigenvalue weighted by Crippen LogP contribution is -1.90. The van der Waals surface area contributed by atoms with Gasteiger partial charge in [-0.25, -0.2) is 0 Å². The molecule has 0 fully saturated rings. The van der Waals surface area contributed by atoms with E-state index in [1.54, 1.807) is 13.2 Å². The molecule has 20 heavy (non-hydrogen) atoms. The Bertz CT molecular complexity index is 775. The van der Waals surface area contributed by atoms with E-state index in [-0.39, 0.29) is 0 Å². The molecule has 3 rings (SSSR count). The molecule has 0 spiro atoms. The van der Waals surface area contributed by atoms with E-state index in [4.69, 9.17) is 4.74 Å². The third-order valence-electron chi connectivity index (χ3n) is 3.42. The van der Waals surface area contributed by atoms with E-state index in [1.807, 2.05) is 42.5 Å². The molecule has 0 heterocycles. The molecule has 3 aromatic rings. The molecule has 3 aromatic carbocycles. The Morgan fingerprint density at radius 2 is 1.80 bits per heavy atom. The molecule has 0 N–H and O–H groups in total. The number of methoxy groups -OCH3 is 1. The second-order valence-electron chi connectivity index (χ2n) is 4.61. The van der Waals surface area contributed by atoms with Crippen molar-refractivity contribution in [1.82, 2.24) is 0 Å². The molecule has 2 nitrogen and oxygen atoms in total. The number of aldehydes is 1. The van der Waals surface area contributed by atoms with Crippen molar-refractivity contribution in [3.8, 4) is 16.9 Å². The van der Waals surface area contributed by atoms with Crippen LogP contribution in [0.4, 0.5) is 0 Å². The van der Waals surface area contributed by atoms with Gasteiger partial charge in [0.1, 0.15) is 12.0 Å². The van der Waals surface area contributed by atoms with E-state index in [0.717, 1.165) is 33.9 Å². The van der Waals surface area contributed by atoms with Gasteiger partial charge in [0.05, 0.1) is 7.11 Å². The van der Waals surface area contributed by atoms with Gasteiger partial charge in [0.2, 0.25) is 0 Å². The second kappa shape index (κ2) is 5.17. The van der Waals surface area contributed by atoms with Crippen LogP contribution in [0.2, 0.25) is 0 Å². The Labute approximate surface area is 117 Å². The Hall–Kier alpha value is -2.61. The lowest BCUT2D eigenvalue weighted by molar-refractivity contribution is 0.112. The fraction of sp³-hybridized carbons (Fsp3) is 0.0556. The van der Waals surface area contributed by atoms with Crippen molar-refractivity contribution in [2.45, 2.75) is 0 Å². The average molecular weight is 262 g/mol. The molecule has 2 heteroatoms. The molecular formula is C18H14O2. The molecule has 0 saturated heterocycles. The van der Waals surface area contributed by atoms with Crippen LogP contribution >= 0.6 is 0 Å². The van der Waals surface area contributed by atoms with Crippen LogP contribution in [0.15, 0.2) is 60.7 Å². The molecule has 0 atom stereocenters. The summed E-state index contributed by atoms with van der Waals surface area (Å²) in [7, 11) is 1.66. The Balaban J connectivity index is 2.35. The minimum atomic E-state index is 0.664. The average Bonchev–Trinajstić information content (AvgIpc) is 2.53. The first-order valence-corrected chi connectivity index (χ1v) is 6.45. The number of hydrogen-bond acceptors (Lipinski definition) is 2. The standard InChI is InChI=1S/C18H14O2/c1-20-17-10-9-14-6-2-3-8-16(14)18(17)15-7-4-5-13(11-15)12-19/h2-12H,1H3. The summed E-state index contributed by atoms with van der Waals surface area (Å²) < 4.78 is 5.49. The predicted molar refractivity (Wildman–Crippen MR) is 81.3 cm³/mol. The van der Waals surface area contributed by atoms with Crippen LogP contribution < -0.4 is 4.74 Å². The Morgan fingerprint density at radius 3 is 2.60 bits per heavy atom. The predicted octanol–water partition coefficient (Wildman–Crippen LogP) is 4.33. The third-order valence-corrected chi connectivity index (χ3v) is 3.42. The van der Waals surface area contributed by atoms with Gasteiger partial charge in [0, 0.05) is 11.1 Å². The van der Waals surface area contributed by atoms with Crippen LogP contribution in [0.25, 0.3) is 21.9 Å². The van der Waals surface area contributed by atoms with Gasteiger partial charge in [-0.2, -0.15) is 0 Å². The van der Waals surface area contributed by atoms with E-state index < -0.39 is 0 Å². The molecule has 0 unspecified atom stereocenters. The zero-order valence-corrected chi connectivity index (χ0v) is 11.2. The SMILES string of the molecule is COc1ccc2ccccc2c1-c1cccc(C=O)c1. The fourth-order valence-electron chi connectivity index (χ4n) is 2.49. The first-order chi connectivity index (χ1) is 9.83. The smallest absolute Gasteiger partial charge is 0.150 e. The Kier molecular flexibility index (Phi) is 3.21. The van der Waals surface area contributed by atoms with Gasteiger partial charge in [-0.05, 0) is 28.5 Å². The minimum absolute atomic E-state index is 0.664. The molecule has 0 aliphatic heterocycles. The van der Waals surface area contributed by atoms with Gasteiger partial charge in [-0.3, -0.25) is 4.79 Å². The van der Waals surface area contributed by atoms with Crippen LogP contribution in [0.3, 0.4) is 0 Å². The third kappa shape index (κ3) is 2.05. The number of rotatable bonds is 3. The molecule has 0 saturated carbocycles. The van der Waals surface area contributed by atoms with E-state index in [1.165, 1.54) is 0 Å². The van der Waals surface area contributed by atoms with Crippen molar-refractivity contribution in [3.63, 3.8) is 0 Å². The van der Waals surface area contributed by atoms with Crippen LogP contribution in [-0.2, 0) is 0 Å². The highest BCUT2D eigenvalue weighted by molar-refractivity contribution is 6.00. The maximum atomic E-state index is 11.0. The zero-order chi connectivity index (χ0) is 13.9. The molecule has 0 aliphatic carbocycles. The van der Waals surface area contributed by atoms with Crippen molar-refractivity contribution in [3.05, 3.63) is 66.2 Å². The van der Waals surface area contributed by atoms with Gasteiger partial charge < -0.3 is 4.74 Å². The minimum Gasteiger partial charge on any atom is -0.496 e. The molecule has 0 radical (unpaired) electrons. The quantitative estimate of drug-likeness (QED) is 0.657. The van der Waals surface area contributed by atoms with Crippen molar-refractivity contribution in [2.75, 3.05) is 7.11 Å². The van der Waals surface area contributed by atoms with E-state index in [0.29, 0.717) is 5.56 Å². The van der Waals surface area contributed by atoms with Crippen LogP contribution in [-0.4, -0.2) is 13.4 Å². The molecule has 0 aliphatic rings. The van der Waals surface area contributed by atoms with Crippen LogP contribution in [0.1, 0.15) is 10.4 Å². The van der Waals surface area contributed by atoms with Gasteiger partial charge in [-0.1, -0.05) is 48.5 Å². The highest BCUT2D eigenvalue weighted by atomic mass is 16.5. The molecular weight excluding hydrogens is 248 g/mol. The maximum Gasteiger partial charge on any atom is 0.150 e. The largest absolute Gasteiger partial charge is 0.496 e. The van der Waals surface area contributed by atoms with Gasteiger partial charge >= 0.3 is 0 Å². The number of ether oxygens (including phenoxy) is 1. The molecule has 0 bridgehead atoms. The number of carbonyl (C=O) groups is 1. The van der Waals surface area contributed by atoms with Crippen molar-refractivity contribution >= 4 is 17.1 Å². The van der Waals surface area contributed by atoms with E-state index >= 15 is 0 Å². The summed E-state index contributed by atoms with van der Waals surface area (Å²) >= 11 is 0. The summed E-state index contributed by atoms with van der Waals surface area (Å²) in [5.41, 5.74) is 2.68. The number of benzene rings is 3. The number of fused-ring (bicyclic) bond motifs is 1. The number of hydrogen-bond donors (Lipinski definition) is 0. The zero-order valence-electron chi connectivity index (χ0n) is 11.2. The van der Waals surface area contributed by atoms with Crippen molar-refractivity contribution in [2.24, 2.45) is 0 Å². The Morgan fingerprint density at radius 1 is 0.950 bits per heavy atom. The molecule has 98 valence electrons. The van der Waals surface area contributed by atoms with Crippen molar-refractivity contribution in [1.29, 1.82) is 0 Å². The first kappa shape index (κ1) is 12.4. The maximum absolute atomic E-state index is 11.0. The summed E-state index contributed by atoms with van der Waals surface area (Å²) in [6.07, 6.45) is 0.862. The van der Waals surface area contributed by atoms with Crippen LogP contribution in [0, 0.1) is 0 Å². The summed E-state index contributed by atoms with van der Waals surface area (Å²) in [6.45, 7) is 0. The fourth-order valence-corrected chi connectivity index (χ4v) is 2.49. The summed E-state index contributed by atoms with van der Waals surface area (Å²) in [4.78, 5) is 11.0.